The fraction of sp³-hybridized carbons (Fsp3) is 0.467. The molecule has 0 unspecified atom stereocenters. The van der Waals surface area contributed by atoms with Gasteiger partial charge in [-0.05, 0) is 0 Å². The number of hydrogen-bond acceptors (Lipinski definition) is 0. The first kappa shape index (κ1) is 27.9. The van der Waals surface area contributed by atoms with Crippen molar-refractivity contribution in [3.63, 3.8) is 0 Å². The molecule has 0 bridgehead atoms. The average Bonchev–Trinajstić information content (AvgIpc) is 2.96. The molecule has 4 heteroatoms. The van der Waals surface area contributed by atoms with E-state index in [1.165, 1.54) is 5.57 Å². The van der Waals surface area contributed by atoms with E-state index < -0.39 is 0 Å². The number of halogens is 2. The number of hydrogen-bond donors (Lipinski definition) is 0. The largest absolute Gasteiger partial charge is 4.00 e. The Balaban J connectivity index is -0.0000000907. The number of rotatable bonds is 1. The third-order valence-corrected chi connectivity index (χ3v) is 1.93. The van der Waals surface area contributed by atoms with Crippen LogP contribution in [0, 0.1) is 18.1 Å². The molecule has 0 aromatic rings. The van der Waals surface area contributed by atoms with Crippen LogP contribution in [-0.2, 0) is 26.2 Å². The third-order valence-electron chi connectivity index (χ3n) is 1.93. The smallest absolute Gasteiger partial charge is 1.00 e. The quantitative estimate of drug-likeness (QED) is 0.363. The van der Waals surface area contributed by atoms with Gasteiger partial charge in [0.1, 0.15) is 0 Å². The summed E-state index contributed by atoms with van der Waals surface area (Å²) in [4.78, 5) is 0. The van der Waals surface area contributed by atoms with E-state index >= 15 is 0 Å². The molecule has 0 N–H and O–H groups in total. The van der Waals surface area contributed by atoms with Gasteiger partial charge < -0.3 is 24.8 Å². The van der Waals surface area contributed by atoms with Crippen molar-refractivity contribution in [1.82, 2.24) is 0 Å². The van der Waals surface area contributed by atoms with Crippen LogP contribution in [0.25, 0.3) is 0 Å². The van der Waals surface area contributed by atoms with Crippen LogP contribution < -0.4 is 24.8 Å². The molecule has 1 radical (unpaired) electrons. The van der Waals surface area contributed by atoms with E-state index in [1.54, 1.807) is 0 Å². The van der Waals surface area contributed by atoms with Crippen LogP contribution in [0.2, 0.25) is 13.1 Å². The summed E-state index contributed by atoms with van der Waals surface area (Å²) >= 11 is 0. The molecular formula is C15H23Cl2SiZr. The molecule has 0 saturated heterocycles. The van der Waals surface area contributed by atoms with Crippen molar-refractivity contribution < 1.29 is 51.0 Å². The van der Waals surface area contributed by atoms with Crippen LogP contribution in [0.3, 0.4) is 0 Å². The third kappa shape index (κ3) is 18.6. The average molecular weight is 394 g/mol. The topological polar surface area (TPSA) is 0 Å². The van der Waals surface area contributed by atoms with E-state index in [0.29, 0.717) is 5.92 Å². The Morgan fingerprint density at radius 3 is 1.84 bits per heavy atom. The van der Waals surface area contributed by atoms with Crippen LogP contribution in [-0.4, -0.2) is 9.52 Å². The summed E-state index contributed by atoms with van der Waals surface area (Å²) in [6.45, 7) is 8.80. The fourth-order valence-corrected chi connectivity index (χ4v) is 1.16. The summed E-state index contributed by atoms with van der Waals surface area (Å²) in [5.74, 6) is 0.661. The Labute approximate surface area is 153 Å². The first-order valence-corrected chi connectivity index (χ1v) is 8.26. The van der Waals surface area contributed by atoms with Gasteiger partial charge in [-0.2, -0.15) is 12.2 Å². The predicted molar refractivity (Wildman–Crippen MR) is 75.8 cm³/mol. The second kappa shape index (κ2) is 20.9. The molecule has 0 nitrogen and oxygen atoms in total. The second-order valence-electron chi connectivity index (χ2n) is 3.97. The van der Waals surface area contributed by atoms with Crippen molar-refractivity contribution >= 4 is 9.52 Å². The van der Waals surface area contributed by atoms with E-state index in [-0.39, 0.29) is 51.0 Å². The van der Waals surface area contributed by atoms with Gasteiger partial charge in [0.15, 0.2) is 0 Å². The van der Waals surface area contributed by atoms with Crippen LogP contribution >= 0.6 is 0 Å². The van der Waals surface area contributed by atoms with Gasteiger partial charge in [-0.3, -0.25) is 12.2 Å². The second-order valence-corrected chi connectivity index (χ2v) is 5.13. The zero-order valence-electron chi connectivity index (χ0n) is 12.2. The maximum atomic E-state index is 3.26. The normalized spacial score (nSPS) is 13.0. The van der Waals surface area contributed by atoms with Crippen LogP contribution in [0.1, 0.15) is 26.7 Å². The van der Waals surface area contributed by atoms with Crippen molar-refractivity contribution in [3.8, 4) is 0 Å². The van der Waals surface area contributed by atoms with Crippen LogP contribution in [0.4, 0.5) is 0 Å². The Hall–Kier alpha value is 0.640. The number of allylic oxidation sites excluding steroid dienone is 8. The Morgan fingerprint density at radius 1 is 1.11 bits per heavy atom. The van der Waals surface area contributed by atoms with Gasteiger partial charge in [0.05, 0.1) is 0 Å². The van der Waals surface area contributed by atoms with E-state index in [2.05, 4.69) is 57.3 Å². The molecule has 2 aliphatic rings. The molecule has 2 aliphatic carbocycles. The molecule has 0 saturated carbocycles. The molecule has 0 aliphatic heterocycles. The van der Waals surface area contributed by atoms with Crippen molar-refractivity contribution in [3.05, 3.63) is 48.1 Å². The SMILES string of the molecule is CC(C)C1=[C-]CC=C1.C[SiH]C.[C-]1=CC=CC1.[Cl-].[Cl-].[Zr+4]. The minimum Gasteiger partial charge on any atom is -1.00 e. The maximum Gasteiger partial charge on any atom is 4.00 e. The standard InChI is InChI=1S/C8H11.C5H5.C2H7Si.2ClH.Zr/c1-7(2)8-5-3-4-6-8;1-2-4-5-3-1;1-3-2;;;/h3,5,7H,4H2,1-2H3;1-3H,4H2;3H,1-2H3;2*1H;/q2*-1;;;;+4/p-2. The van der Waals surface area contributed by atoms with Crippen LogP contribution in [0.5, 0.6) is 0 Å². The summed E-state index contributed by atoms with van der Waals surface area (Å²) in [5, 5.41) is 0. The van der Waals surface area contributed by atoms with Crippen molar-refractivity contribution in [2.24, 2.45) is 5.92 Å². The summed E-state index contributed by atoms with van der Waals surface area (Å²) in [7, 11) is 0.750. The molecule has 2 rings (SSSR count). The molecule has 0 aromatic heterocycles. The molecule has 0 heterocycles. The Morgan fingerprint density at radius 2 is 1.68 bits per heavy atom. The maximum absolute atomic E-state index is 3.26. The molecule has 0 amide bonds. The van der Waals surface area contributed by atoms with Crippen molar-refractivity contribution in [1.29, 1.82) is 0 Å². The zero-order chi connectivity index (χ0) is 12.2. The van der Waals surface area contributed by atoms with E-state index in [9.17, 15) is 0 Å². The van der Waals surface area contributed by atoms with Gasteiger partial charge in [0.2, 0.25) is 0 Å². The molecule has 0 aromatic carbocycles. The minimum absolute atomic E-state index is 0. The van der Waals surface area contributed by atoms with Gasteiger partial charge in [-0.25, -0.2) is 23.8 Å². The summed E-state index contributed by atoms with van der Waals surface area (Å²) in [6.07, 6.45) is 18.6. The van der Waals surface area contributed by atoms with Crippen molar-refractivity contribution in [2.75, 3.05) is 0 Å². The van der Waals surface area contributed by atoms with Crippen LogP contribution in [0.15, 0.2) is 36.0 Å². The first-order valence-electron chi connectivity index (χ1n) is 5.95. The van der Waals surface area contributed by atoms with E-state index in [0.717, 1.165) is 22.4 Å². The molecule has 0 fully saturated rings. The van der Waals surface area contributed by atoms with E-state index in [4.69, 9.17) is 0 Å². The molecule has 0 spiro atoms. The Bertz CT molecular complexity index is 272. The predicted octanol–water partition coefficient (Wildman–Crippen LogP) is -1.84. The van der Waals surface area contributed by atoms with Gasteiger partial charge >= 0.3 is 26.2 Å². The molecule has 19 heavy (non-hydrogen) atoms. The molecular weight excluding hydrogens is 370 g/mol. The van der Waals surface area contributed by atoms with E-state index in [1.807, 2.05) is 12.2 Å². The Kier molecular flexibility index (Phi) is 30.8. The van der Waals surface area contributed by atoms with Gasteiger partial charge in [-0.1, -0.05) is 32.9 Å². The van der Waals surface area contributed by atoms with Gasteiger partial charge in [-0.15, -0.1) is 12.8 Å². The molecule has 0 atom stereocenters. The van der Waals surface area contributed by atoms with Crippen molar-refractivity contribution in [2.45, 2.75) is 39.8 Å². The monoisotopic (exact) mass is 391 g/mol. The molecule has 105 valence electrons. The minimum atomic E-state index is 0. The van der Waals surface area contributed by atoms with Gasteiger partial charge in [0, 0.05) is 9.52 Å². The summed E-state index contributed by atoms with van der Waals surface area (Å²) < 4.78 is 0. The fourth-order valence-electron chi connectivity index (χ4n) is 1.16. The summed E-state index contributed by atoms with van der Waals surface area (Å²) in [5.41, 5.74) is 1.37. The zero-order valence-corrected chi connectivity index (χ0v) is 17.3. The summed E-state index contributed by atoms with van der Waals surface area (Å²) in [6, 6.07) is 0. The first-order chi connectivity index (χ1) is 7.72. The van der Waals surface area contributed by atoms with Gasteiger partial charge in [0.25, 0.3) is 0 Å².